The van der Waals surface area contributed by atoms with Crippen LogP contribution < -0.4 is 5.32 Å². The van der Waals surface area contributed by atoms with Gasteiger partial charge in [0.25, 0.3) is 0 Å². The summed E-state index contributed by atoms with van der Waals surface area (Å²) in [7, 11) is 0. The molecule has 1 aromatic carbocycles. The Bertz CT molecular complexity index is 485. The van der Waals surface area contributed by atoms with Crippen LogP contribution in [0.15, 0.2) is 28.9 Å². The van der Waals surface area contributed by atoms with E-state index in [9.17, 15) is 5.11 Å². The molecule has 3 heteroatoms. The summed E-state index contributed by atoms with van der Waals surface area (Å²) in [6.07, 6.45) is 4.34. The van der Waals surface area contributed by atoms with Gasteiger partial charge in [-0.1, -0.05) is 0 Å². The van der Waals surface area contributed by atoms with Crippen molar-refractivity contribution in [3.8, 4) is 5.75 Å². The van der Waals surface area contributed by atoms with E-state index in [-0.39, 0.29) is 5.75 Å². The van der Waals surface area contributed by atoms with E-state index >= 15 is 0 Å². The average Bonchev–Trinajstić information content (AvgIpc) is 2.97. The van der Waals surface area contributed by atoms with Gasteiger partial charge in [-0.2, -0.15) is 0 Å². The van der Waals surface area contributed by atoms with Crippen LogP contribution in [-0.2, 0) is 6.54 Å². The molecule has 0 radical (unpaired) electrons. The van der Waals surface area contributed by atoms with Gasteiger partial charge >= 0.3 is 0 Å². The predicted octanol–water partition coefficient (Wildman–Crippen LogP) is 2.39. The number of phenols is 1. The molecule has 15 heavy (non-hydrogen) atoms. The van der Waals surface area contributed by atoms with Crippen molar-refractivity contribution in [2.24, 2.45) is 0 Å². The van der Waals surface area contributed by atoms with Crippen molar-refractivity contribution < 1.29 is 9.52 Å². The highest BCUT2D eigenvalue weighted by atomic mass is 16.3. The van der Waals surface area contributed by atoms with E-state index in [2.05, 4.69) is 5.32 Å². The smallest absolute Gasteiger partial charge is 0.137 e. The number of phenolic OH excluding ortho intramolecular Hbond substituents is 1. The van der Waals surface area contributed by atoms with Gasteiger partial charge in [0.1, 0.15) is 11.3 Å². The molecule has 0 saturated heterocycles. The summed E-state index contributed by atoms with van der Waals surface area (Å²) in [5.41, 5.74) is 1.92. The van der Waals surface area contributed by atoms with E-state index in [1.54, 1.807) is 18.4 Å². The third-order valence-corrected chi connectivity index (χ3v) is 2.80. The summed E-state index contributed by atoms with van der Waals surface area (Å²) in [4.78, 5) is 0. The molecule has 1 fully saturated rings. The van der Waals surface area contributed by atoms with Crippen molar-refractivity contribution in [2.75, 3.05) is 0 Å². The highest BCUT2D eigenvalue weighted by molar-refractivity contribution is 5.82. The van der Waals surface area contributed by atoms with Crippen molar-refractivity contribution in [3.63, 3.8) is 0 Å². The molecule has 3 nitrogen and oxygen atoms in total. The van der Waals surface area contributed by atoms with E-state index in [1.807, 2.05) is 6.07 Å². The number of furan rings is 1. The first-order valence-corrected chi connectivity index (χ1v) is 5.25. The molecule has 1 aromatic heterocycles. The molecule has 1 saturated carbocycles. The molecule has 78 valence electrons. The van der Waals surface area contributed by atoms with Crippen LogP contribution >= 0.6 is 0 Å². The molecule has 1 heterocycles. The number of nitrogens with one attached hydrogen (secondary N) is 1. The highest BCUT2D eigenvalue weighted by Gasteiger charge is 2.20. The number of rotatable bonds is 3. The number of hydrogen-bond acceptors (Lipinski definition) is 3. The van der Waals surface area contributed by atoms with Gasteiger partial charge in [0.15, 0.2) is 0 Å². The van der Waals surface area contributed by atoms with Gasteiger partial charge in [0, 0.05) is 29.6 Å². The fraction of sp³-hybridized carbons (Fsp3) is 0.333. The van der Waals surface area contributed by atoms with E-state index in [4.69, 9.17) is 4.42 Å². The molecule has 2 aromatic rings. The molecule has 2 N–H and O–H groups in total. The molecule has 1 aliphatic carbocycles. The van der Waals surface area contributed by atoms with Gasteiger partial charge in [0.2, 0.25) is 0 Å². The predicted molar refractivity (Wildman–Crippen MR) is 57.7 cm³/mol. The summed E-state index contributed by atoms with van der Waals surface area (Å²) in [6, 6.07) is 5.94. The summed E-state index contributed by atoms with van der Waals surface area (Å²) in [5.74, 6) is 0.249. The second-order valence-corrected chi connectivity index (χ2v) is 4.10. The Labute approximate surface area is 87.7 Å². The fourth-order valence-corrected chi connectivity index (χ4v) is 1.75. The van der Waals surface area contributed by atoms with Gasteiger partial charge in [-0.25, -0.2) is 0 Å². The molecule has 3 rings (SSSR count). The van der Waals surface area contributed by atoms with Gasteiger partial charge < -0.3 is 14.8 Å². The van der Waals surface area contributed by atoms with Crippen molar-refractivity contribution in [2.45, 2.75) is 25.4 Å². The maximum absolute atomic E-state index is 9.29. The van der Waals surface area contributed by atoms with E-state index in [0.29, 0.717) is 6.04 Å². The van der Waals surface area contributed by atoms with Crippen LogP contribution in [0.3, 0.4) is 0 Å². The molecule has 0 unspecified atom stereocenters. The quantitative estimate of drug-likeness (QED) is 0.805. The van der Waals surface area contributed by atoms with Gasteiger partial charge in [-0.3, -0.25) is 0 Å². The number of fused-ring (bicyclic) bond motifs is 1. The molecule has 0 aliphatic heterocycles. The van der Waals surface area contributed by atoms with Crippen LogP contribution in [0.5, 0.6) is 5.75 Å². The SMILES string of the molecule is Oc1ccc2c(CNC3CC3)coc2c1. The summed E-state index contributed by atoms with van der Waals surface area (Å²) in [5, 5.41) is 13.8. The van der Waals surface area contributed by atoms with Crippen LogP contribution in [0, 0.1) is 0 Å². The molecule has 0 bridgehead atoms. The monoisotopic (exact) mass is 203 g/mol. The highest BCUT2D eigenvalue weighted by Crippen LogP contribution is 2.26. The molecule has 0 spiro atoms. The van der Waals surface area contributed by atoms with E-state index in [1.165, 1.54) is 12.8 Å². The summed E-state index contributed by atoms with van der Waals surface area (Å²) >= 11 is 0. The Morgan fingerprint density at radius 3 is 3.07 bits per heavy atom. The maximum Gasteiger partial charge on any atom is 0.137 e. The first kappa shape index (κ1) is 8.80. The minimum Gasteiger partial charge on any atom is -0.508 e. The lowest BCUT2D eigenvalue weighted by atomic mass is 10.1. The number of aromatic hydroxyl groups is 1. The van der Waals surface area contributed by atoms with Crippen molar-refractivity contribution in [3.05, 3.63) is 30.0 Å². The molecule has 1 aliphatic rings. The van der Waals surface area contributed by atoms with Crippen molar-refractivity contribution in [1.82, 2.24) is 5.32 Å². The molecule has 0 amide bonds. The first-order valence-electron chi connectivity index (χ1n) is 5.25. The molecular formula is C12H13NO2. The Balaban J connectivity index is 1.89. The van der Waals surface area contributed by atoms with E-state index < -0.39 is 0 Å². The zero-order chi connectivity index (χ0) is 10.3. The van der Waals surface area contributed by atoms with Crippen molar-refractivity contribution >= 4 is 11.0 Å². The van der Waals surface area contributed by atoms with Crippen LogP contribution in [0.4, 0.5) is 0 Å². The second-order valence-electron chi connectivity index (χ2n) is 4.10. The third kappa shape index (κ3) is 1.70. The zero-order valence-corrected chi connectivity index (χ0v) is 8.36. The van der Waals surface area contributed by atoms with Crippen LogP contribution in [0.25, 0.3) is 11.0 Å². The Hall–Kier alpha value is -1.48. The first-order chi connectivity index (χ1) is 7.33. The second kappa shape index (κ2) is 3.28. The largest absolute Gasteiger partial charge is 0.508 e. The maximum atomic E-state index is 9.29. The minimum absolute atomic E-state index is 0.249. The normalized spacial score (nSPS) is 16.0. The summed E-state index contributed by atoms with van der Waals surface area (Å²) < 4.78 is 5.38. The Morgan fingerprint density at radius 1 is 1.40 bits per heavy atom. The number of benzene rings is 1. The standard InChI is InChI=1S/C12H13NO2/c14-10-3-4-11-8(6-13-9-1-2-9)7-15-12(11)5-10/h3-5,7,9,13-14H,1-2,6H2. The zero-order valence-electron chi connectivity index (χ0n) is 8.36. The van der Waals surface area contributed by atoms with E-state index in [0.717, 1.165) is 23.1 Å². The lowest BCUT2D eigenvalue weighted by Crippen LogP contribution is -2.14. The molecule has 0 atom stereocenters. The van der Waals surface area contributed by atoms with Gasteiger partial charge in [0.05, 0.1) is 6.26 Å². The van der Waals surface area contributed by atoms with Crippen LogP contribution in [0.2, 0.25) is 0 Å². The molecular weight excluding hydrogens is 190 g/mol. The average molecular weight is 203 g/mol. The van der Waals surface area contributed by atoms with Crippen molar-refractivity contribution in [1.29, 1.82) is 0 Å². The van der Waals surface area contributed by atoms with Gasteiger partial charge in [-0.15, -0.1) is 0 Å². The number of hydrogen-bond donors (Lipinski definition) is 2. The lowest BCUT2D eigenvalue weighted by molar-refractivity contribution is 0.474. The summed E-state index contributed by atoms with van der Waals surface area (Å²) in [6.45, 7) is 0.850. The fourth-order valence-electron chi connectivity index (χ4n) is 1.75. The topological polar surface area (TPSA) is 45.4 Å². The third-order valence-electron chi connectivity index (χ3n) is 2.80. The Morgan fingerprint density at radius 2 is 2.27 bits per heavy atom. The van der Waals surface area contributed by atoms with Crippen LogP contribution in [0.1, 0.15) is 18.4 Å². The minimum atomic E-state index is 0.249. The lowest BCUT2D eigenvalue weighted by Gasteiger charge is -1.99. The van der Waals surface area contributed by atoms with Gasteiger partial charge in [-0.05, 0) is 25.0 Å². The Kier molecular flexibility index (Phi) is 1.92. The van der Waals surface area contributed by atoms with Crippen LogP contribution in [-0.4, -0.2) is 11.1 Å².